The van der Waals surface area contributed by atoms with Gasteiger partial charge in [-0.15, -0.1) is 11.3 Å². The number of carbonyl (C=O) groups is 1. The van der Waals surface area contributed by atoms with Crippen LogP contribution in [0.25, 0.3) is 27.8 Å². The van der Waals surface area contributed by atoms with Crippen LogP contribution in [0.3, 0.4) is 0 Å². The zero-order valence-electron chi connectivity index (χ0n) is 19.4. The van der Waals surface area contributed by atoms with Crippen molar-refractivity contribution in [2.75, 3.05) is 5.73 Å². The van der Waals surface area contributed by atoms with Crippen molar-refractivity contribution in [3.63, 3.8) is 0 Å². The summed E-state index contributed by atoms with van der Waals surface area (Å²) in [6.45, 7) is 3.68. The van der Waals surface area contributed by atoms with Crippen molar-refractivity contribution in [3.8, 4) is 17.1 Å². The van der Waals surface area contributed by atoms with Gasteiger partial charge in [-0.3, -0.25) is 14.2 Å². The number of nitrogens with one attached hydrogen (secondary N) is 1. The van der Waals surface area contributed by atoms with Gasteiger partial charge in [-0.05, 0) is 43.5 Å². The molecule has 10 heteroatoms. The lowest BCUT2D eigenvalue weighted by Crippen LogP contribution is -2.33. The number of benzene rings is 2. The highest BCUT2D eigenvalue weighted by atomic mass is 35.5. The van der Waals surface area contributed by atoms with Crippen LogP contribution in [0.4, 0.5) is 5.82 Å². The Morgan fingerprint density at radius 3 is 2.61 bits per heavy atom. The number of aryl methyl sites for hydroxylation is 1. The van der Waals surface area contributed by atoms with Crippen LogP contribution in [0.2, 0.25) is 5.02 Å². The molecule has 0 fully saturated rings. The van der Waals surface area contributed by atoms with Gasteiger partial charge in [-0.1, -0.05) is 41.9 Å². The largest absolute Gasteiger partial charge is 0.382 e. The molecule has 2 aromatic carbocycles. The lowest BCUT2D eigenvalue weighted by atomic mass is 10.1. The van der Waals surface area contributed by atoms with Gasteiger partial charge in [0, 0.05) is 16.8 Å². The van der Waals surface area contributed by atoms with Gasteiger partial charge in [-0.25, -0.2) is 15.0 Å². The number of hydrogen-bond donors (Lipinski definition) is 2. The number of rotatable bonds is 5. The van der Waals surface area contributed by atoms with E-state index in [9.17, 15) is 9.59 Å². The number of halogens is 1. The normalized spacial score (nSPS) is 12.0. The van der Waals surface area contributed by atoms with Crippen molar-refractivity contribution < 1.29 is 4.79 Å². The van der Waals surface area contributed by atoms with Crippen molar-refractivity contribution in [2.45, 2.75) is 19.9 Å². The summed E-state index contributed by atoms with van der Waals surface area (Å²) in [7, 11) is 0. The highest BCUT2D eigenvalue weighted by Crippen LogP contribution is 2.26. The molecular formula is C26H21ClN6O2S. The van der Waals surface area contributed by atoms with E-state index in [0.29, 0.717) is 38.6 Å². The van der Waals surface area contributed by atoms with Crippen molar-refractivity contribution in [3.05, 3.63) is 97.9 Å². The maximum absolute atomic E-state index is 13.6. The lowest BCUT2D eigenvalue weighted by molar-refractivity contribution is 0.0934. The van der Waals surface area contributed by atoms with Gasteiger partial charge in [0.15, 0.2) is 11.5 Å². The first-order valence-corrected chi connectivity index (χ1v) is 12.3. The first kappa shape index (κ1) is 23.7. The Balaban J connectivity index is 1.57. The Labute approximate surface area is 215 Å². The average Bonchev–Trinajstić information content (AvgIpc) is 3.30. The molecule has 1 amide bonds. The van der Waals surface area contributed by atoms with Crippen LogP contribution in [-0.4, -0.2) is 25.4 Å². The fourth-order valence-electron chi connectivity index (χ4n) is 4.01. The van der Waals surface area contributed by atoms with Crippen LogP contribution in [0.15, 0.2) is 71.0 Å². The van der Waals surface area contributed by atoms with Gasteiger partial charge < -0.3 is 11.1 Å². The molecule has 0 aliphatic carbocycles. The lowest BCUT2D eigenvalue weighted by Gasteiger charge is -2.21. The minimum Gasteiger partial charge on any atom is -0.382 e. The van der Waals surface area contributed by atoms with Crippen molar-refractivity contribution in [1.82, 2.24) is 24.8 Å². The Morgan fingerprint density at radius 1 is 1.11 bits per heavy atom. The smallest absolute Gasteiger partial charge is 0.274 e. The summed E-state index contributed by atoms with van der Waals surface area (Å²) in [6.07, 6.45) is 1.49. The van der Waals surface area contributed by atoms with Gasteiger partial charge in [0.2, 0.25) is 0 Å². The molecular weight excluding hydrogens is 496 g/mol. The summed E-state index contributed by atoms with van der Waals surface area (Å²) >= 11 is 7.86. The number of anilines is 1. The summed E-state index contributed by atoms with van der Waals surface area (Å²) < 4.78 is 1.56. The topological polar surface area (TPSA) is 116 Å². The number of carbonyl (C=O) groups excluding carboxylic acids is 1. The number of nitrogens with zero attached hydrogens (tertiary/aromatic N) is 4. The van der Waals surface area contributed by atoms with Crippen molar-refractivity contribution in [1.29, 1.82) is 0 Å². The quantitative estimate of drug-likeness (QED) is 0.342. The highest BCUT2D eigenvalue weighted by molar-refractivity contribution is 7.09. The van der Waals surface area contributed by atoms with E-state index in [4.69, 9.17) is 17.3 Å². The molecule has 5 aromatic rings. The fourth-order valence-corrected chi connectivity index (χ4v) is 4.88. The third-order valence-electron chi connectivity index (χ3n) is 5.73. The molecule has 3 N–H and O–H groups in total. The van der Waals surface area contributed by atoms with Gasteiger partial charge in [-0.2, -0.15) is 0 Å². The van der Waals surface area contributed by atoms with Crippen LogP contribution in [0, 0.1) is 6.92 Å². The zero-order chi connectivity index (χ0) is 25.4. The van der Waals surface area contributed by atoms with E-state index >= 15 is 0 Å². The summed E-state index contributed by atoms with van der Waals surface area (Å²) in [6, 6.07) is 15.8. The van der Waals surface area contributed by atoms with E-state index in [0.717, 1.165) is 5.01 Å². The van der Waals surface area contributed by atoms with Crippen LogP contribution in [-0.2, 0) is 0 Å². The van der Waals surface area contributed by atoms with Crippen LogP contribution in [0.5, 0.6) is 0 Å². The zero-order valence-corrected chi connectivity index (χ0v) is 21.0. The minimum atomic E-state index is -0.583. The molecule has 0 radical (unpaired) electrons. The number of nitrogens with two attached hydrogens (primary N) is 1. The summed E-state index contributed by atoms with van der Waals surface area (Å²) in [4.78, 5) is 39.8. The highest BCUT2D eigenvalue weighted by Gasteiger charge is 2.22. The minimum absolute atomic E-state index is 0.00106. The standard InChI is InChI=1S/C26H21ClN6O2S/c1-14(30-25(34)23-24(28)29-12-19(32-23)20-13-36-15(2)31-20)21-11-16-7-6-10-18(27)22(16)26(35)33(21)17-8-4-3-5-9-17/h3-14H,1-2H3,(H2,28,29)(H,30,34)/t14-/m0/s1. The number of fused-ring (bicyclic) bond motifs is 1. The van der Waals surface area contributed by atoms with Gasteiger partial charge in [0.1, 0.15) is 11.4 Å². The molecule has 0 saturated heterocycles. The predicted molar refractivity (Wildman–Crippen MR) is 143 cm³/mol. The molecule has 5 rings (SSSR count). The molecule has 36 heavy (non-hydrogen) atoms. The summed E-state index contributed by atoms with van der Waals surface area (Å²) in [5.41, 5.74) is 8.02. The third-order valence-corrected chi connectivity index (χ3v) is 6.82. The number of pyridine rings is 1. The number of para-hydroxylation sites is 1. The first-order valence-electron chi connectivity index (χ1n) is 11.1. The molecule has 8 nitrogen and oxygen atoms in total. The SMILES string of the molecule is Cc1nc(-c2cnc(N)c(C(=O)N[C@@H](C)c3cc4cccc(Cl)c4c(=O)n3-c3ccccc3)n2)cs1. The molecule has 0 aliphatic heterocycles. The second kappa shape index (κ2) is 9.52. The van der Waals surface area contributed by atoms with Crippen LogP contribution < -0.4 is 16.6 Å². The number of hydrogen-bond acceptors (Lipinski definition) is 7. The second-order valence-corrected chi connectivity index (χ2v) is 9.65. The first-order chi connectivity index (χ1) is 17.3. The molecule has 0 aliphatic rings. The maximum atomic E-state index is 13.6. The summed E-state index contributed by atoms with van der Waals surface area (Å²) in [5.74, 6) is -0.513. The average molecular weight is 517 g/mol. The van der Waals surface area contributed by atoms with Crippen molar-refractivity contribution in [2.24, 2.45) is 0 Å². The molecule has 0 bridgehead atoms. The van der Waals surface area contributed by atoms with E-state index in [-0.39, 0.29) is 17.1 Å². The van der Waals surface area contributed by atoms with Crippen LogP contribution in [0.1, 0.15) is 34.2 Å². The molecule has 180 valence electrons. The van der Waals surface area contributed by atoms with E-state index in [2.05, 4.69) is 20.3 Å². The summed E-state index contributed by atoms with van der Waals surface area (Å²) in [5, 5.41) is 7.09. The Hall–Kier alpha value is -4.08. The predicted octanol–water partition coefficient (Wildman–Crippen LogP) is 4.94. The number of thiazole rings is 1. The second-order valence-electron chi connectivity index (χ2n) is 8.19. The molecule has 0 unspecified atom stereocenters. The van der Waals surface area contributed by atoms with Crippen LogP contribution >= 0.6 is 22.9 Å². The van der Waals surface area contributed by atoms with E-state index < -0.39 is 11.9 Å². The number of amides is 1. The third kappa shape index (κ3) is 4.34. The van der Waals surface area contributed by atoms with E-state index in [1.165, 1.54) is 17.5 Å². The Bertz CT molecular complexity index is 1660. The Kier molecular flexibility index (Phi) is 6.26. The molecule has 3 heterocycles. The number of aromatic nitrogens is 4. The number of nitrogen functional groups attached to an aromatic ring is 1. The van der Waals surface area contributed by atoms with Crippen molar-refractivity contribution >= 4 is 45.4 Å². The molecule has 3 aromatic heterocycles. The van der Waals surface area contributed by atoms with E-state index in [1.54, 1.807) is 23.6 Å². The molecule has 0 spiro atoms. The Morgan fingerprint density at radius 2 is 1.89 bits per heavy atom. The molecule has 0 saturated carbocycles. The van der Waals surface area contributed by atoms with Gasteiger partial charge >= 0.3 is 0 Å². The van der Waals surface area contributed by atoms with Gasteiger partial charge in [0.25, 0.3) is 11.5 Å². The maximum Gasteiger partial charge on any atom is 0.274 e. The molecule has 1 atom stereocenters. The van der Waals surface area contributed by atoms with E-state index in [1.807, 2.05) is 54.8 Å². The fraction of sp³-hybridized carbons (Fsp3) is 0.115. The van der Waals surface area contributed by atoms with Gasteiger partial charge in [0.05, 0.1) is 27.7 Å². The monoisotopic (exact) mass is 516 g/mol.